The Labute approximate surface area is 159 Å². The van der Waals surface area contributed by atoms with E-state index in [0.717, 1.165) is 34.0 Å². The molecule has 0 fully saturated rings. The van der Waals surface area contributed by atoms with Crippen molar-refractivity contribution in [3.8, 4) is 58.7 Å². The van der Waals surface area contributed by atoms with Crippen LogP contribution in [0.4, 0.5) is 0 Å². The van der Waals surface area contributed by atoms with Gasteiger partial charge in [-0.25, -0.2) is 9.97 Å². The van der Waals surface area contributed by atoms with Crippen LogP contribution in [-0.4, -0.2) is 23.2 Å². The van der Waals surface area contributed by atoms with Crippen LogP contribution in [0.25, 0.3) is 22.5 Å². The molecule has 0 atom stereocenters. The second-order valence-electron chi connectivity index (χ2n) is 5.72. The number of aromatic nitrogens is 2. The largest absolute Gasteiger partial charge is 0.481 e. The Morgan fingerprint density at radius 1 is 0.741 bits per heavy atom. The molecule has 0 bridgehead atoms. The SMILES string of the molecule is C#CCOc1ccc(-c2cc(-c3ccc(OCC#C)cc3)nc(C)n2)cc1. The van der Waals surface area contributed by atoms with E-state index in [1.165, 1.54) is 0 Å². The third-order valence-electron chi connectivity index (χ3n) is 3.78. The van der Waals surface area contributed by atoms with Crippen LogP contribution in [-0.2, 0) is 0 Å². The van der Waals surface area contributed by atoms with E-state index in [-0.39, 0.29) is 13.2 Å². The van der Waals surface area contributed by atoms with Crippen molar-refractivity contribution in [1.29, 1.82) is 0 Å². The first-order valence-corrected chi connectivity index (χ1v) is 8.38. The first kappa shape index (κ1) is 18.0. The standard InChI is InChI=1S/C23H18N2O2/c1-4-14-26-20-10-6-18(7-11-20)22-16-23(25-17(3)24-22)19-8-12-21(13-9-19)27-15-5-2/h1-2,6-13,16H,14-15H2,3H3. The highest BCUT2D eigenvalue weighted by Gasteiger charge is 2.07. The highest BCUT2D eigenvalue weighted by molar-refractivity contribution is 5.68. The zero-order chi connectivity index (χ0) is 19.1. The summed E-state index contributed by atoms with van der Waals surface area (Å²) in [6.07, 6.45) is 10.4. The van der Waals surface area contributed by atoms with Gasteiger partial charge in [0.15, 0.2) is 0 Å². The van der Waals surface area contributed by atoms with Gasteiger partial charge in [-0.15, -0.1) is 12.8 Å². The zero-order valence-corrected chi connectivity index (χ0v) is 15.0. The van der Waals surface area contributed by atoms with Crippen molar-refractivity contribution < 1.29 is 9.47 Å². The van der Waals surface area contributed by atoms with Gasteiger partial charge in [0.25, 0.3) is 0 Å². The van der Waals surface area contributed by atoms with Gasteiger partial charge in [0.05, 0.1) is 11.4 Å². The Morgan fingerprint density at radius 3 is 1.52 bits per heavy atom. The summed E-state index contributed by atoms with van der Waals surface area (Å²) in [6, 6.07) is 17.3. The predicted octanol–water partition coefficient (Wildman–Crippen LogP) is 4.14. The molecule has 1 heterocycles. The number of ether oxygens (including phenoxy) is 2. The van der Waals surface area contributed by atoms with Gasteiger partial charge in [-0.3, -0.25) is 0 Å². The van der Waals surface area contributed by atoms with Gasteiger partial charge in [0, 0.05) is 11.1 Å². The van der Waals surface area contributed by atoms with Gasteiger partial charge < -0.3 is 9.47 Å². The van der Waals surface area contributed by atoms with Crippen molar-refractivity contribution in [3.05, 3.63) is 60.4 Å². The molecule has 2 aromatic carbocycles. The molecule has 0 aliphatic rings. The lowest BCUT2D eigenvalue weighted by Crippen LogP contribution is -1.96. The van der Waals surface area contributed by atoms with E-state index in [1.54, 1.807) is 0 Å². The summed E-state index contributed by atoms with van der Waals surface area (Å²) in [6.45, 7) is 2.37. The molecule has 0 unspecified atom stereocenters. The molecule has 0 aliphatic carbocycles. The van der Waals surface area contributed by atoms with E-state index in [2.05, 4.69) is 21.8 Å². The highest BCUT2D eigenvalue weighted by Crippen LogP contribution is 2.26. The smallest absolute Gasteiger partial charge is 0.148 e. The average Bonchev–Trinajstić information content (AvgIpc) is 2.71. The van der Waals surface area contributed by atoms with E-state index in [0.29, 0.717) is 5.82 Å². The van der Waals surface area contributed by atoms with Gasteiger partial charge in [-0.1, -0.05) is 11.8 Å². The summed E-state index contributed by atoms with van der Waals surface area (Å²) >= 11 is 0. The molecule has 3 rings (SSSR count). The minimum atomic E-state index is 0.247. The summed E-state index contributed by atoms with van der Waals surface area (Å²) in [7, 11) is 0. The number of nitrogens with zero attached hydrogens (tertiary/aromatic N) is 2. The highest BCUT2D eigenvalue weighted by atomic mass is 16.5. The minimum Gasteiger partial charge on any atom is -0.481 e. The van der Waals surface area contributed by atoms with Gasteiger partial charge in [-0.05, 0) is 61.5 Å². The fourth-order valence-electron chi connectivity index (χ4n) is 2.56. The van der Waals surface area contributed by atoms with Gasteiger partial charge in [-0.2, -0.15) is 0 Å². The monoisotopic (exact) mass is 354 g/mol. The molecular weight excluding hydrogens is 336 g/mol. The fraction of sp³-hybridized carbons (Fsp3) is 0.130. The van der Waals surface area contributed by atoms with E-state index in [4.69, 9.17) is 22.3 Å². The second kappa shape index (κ2) is 8.56. The molecular formula is C23H18N2O2. The van der Waals surface area contributed by atoms with Gasteiger partial charge in [0.2, 0.25) is 0 Å². The van der Waals surface area contributed by atoms with Crippen LogP contribution in [0, 0.1) is 31.6 Å². The van der Waals surface area contributed by atoms with E-state index < -0.39 is 0 Å². The molecule has 0 saturated carbocycles. The van der Waals surface area contributed by atoms with Crippen LogP contribution in [0.1, 0.15) is 5.82 Å². The maximum Gasteiger partial charge on any atom is 0.148 e. The Balaban J connectivity index is 1.86. The molecule has 27 heavy (non-hydrogen) atoms. The molecule has 3 aromatic rings. The first-order valence-electron chi connectivity index (χ1n) is 8.38. The Morgan fingerprint density at radius 2 is 1.15 bits per heavy atom. The van der Waals surface area contributed by atoms with Gasteiger partial charge >= 0.3 is 0 Å². The minimum absolute atomic E-state index is 0.247. The predicted molar refractivity (Wildman–Crippen MR) is 106 cm³/mol. The van der Waals surface area contributed by atoms with E-state index in [1.807, 2.05) is 61.5 Å². The molecule has 0 amide bonds. The van der Waals surface area contributed by atoms with Crippen LogP contribution in [0.15, 0.2) is 54.6 Å². The van der Waals surface area contributed by atoms with E-state index >= 15 is 0 Å². The molecule has 0 radical (unpaired) electrons. The second-order valence-corrected chi connectivity index (χ2v) is 5.72. The van der Waals surface area contributed by atoms with Crippen LogP contribution >= 0.6 is 0 Å². The number of benzene rings is 2. The maximum absolute atomic E-state index is 5.41. The number of hydrogen-bond donors (Lipinski definition) is 0. The van der Waals surface area contributed by atoms with Crippen molar-refractivity contribution in [2.75, 3.05) is 13.2 Å². The summed E-state index contributed by atoms with van der Waals surface area (Å²) in [4.78, 5) is 9.10. The number of aryl methyl sites for hydroxylation is 1. The lowest BCUT2D eigenvalue weighted by molar-refractivity contribution is 0.370. The number of terminal acetylenes is 2. The van der Waals surface area contributed by atoms with Gasteiger partial charge in [0.1, 0.15) is 30.5 Å². The van der Waals surface area contributed by atoms with Crippen LogP contribution in [0.3, 0.4) is 0 Å². The topological polar surface area (TPSA) is 44.2 Å². The molecule has 4 nitrogen and oxygen atoms in total. The zero-order valence-electron chi connectivity index (χ0n) is 15.0. The Bertz CT molecular complexity index is 915. The summed E-state index contributed by atoms with van der Waals surface area (Å²) in [5.74, 6) is 7.05. The van der Waals surface area contributed by atoms with Crippen LogP contribution in [0.2, 0.25) is 0 Å². The molecule has 132 valence electrons. The lowest BCUT2D eigenvalue weighted by Gasteiger charge is -2.09. The maximum atomic E-state index is 5.41. The molecule has 0 spiro atoms. The molecule has 1 aromatic heterocycles. The van der Waals surface area contributed by atoms with E-state index in [9.17, 15) is 0 Å². The van der Waals surface area contributed by atoms with Crippen molar-refractivity contribution >= 4 is 0 Å². The Kier molecular flexibility index (Phi) is 5.72. The van der Waals surface area contributed by atoms with Crippen LogP contribution < -0.4 is 9.47 Å². The van der Waals surface area contributed by atoms with Crippen molar-refractivity contribution in [3.63, 3.8) is 0 Å². The Hall–Kier alpha value is -3.76. The van der Waals surface area contributed by atoms with Crippen molar-refractivity contribution in [2.24, 2.45) is 0 Å². The molecule has 0 saturated heterocycles. The van der Waals surface area contributed by atoms with Crippen molar-refractivity contribution in [1.82, 2.24) is 9.97 Å². The fourth-order valence-corrected chi connectivity index (χ4v) is 2.56. The number of hydrogen-bond acceptors (Lipinski definition) is 4. The first-order chi connectivity index (χ1) is 13.2. The lowest BCUT2D eigenvalue weighted by atomic mass is 10.1. The third-order valence-corrected chi connectivity index (χ3v) is 3.78. The molecule has 4 heteroatoms. The summed E-state index contributed by atoms with van der Waals surface area (Å²) in [5.41, 5.74) is 3.63. The summed E-state index contributed by atoms with van der Waals surface area (Å²) in [5, 5.41) is 0. The van der Waals surface area contributed by atoms with Crippen molar-refractivity contribution in [2.45, 2.75) is 6.92 Å². The third kappa shape index (κ3) is 4.66. The number of rotatable bonds is 6. The quantitative estimate of drug-likeness (QED) is 0.624. The molecule has 0 aliphatic heterocycles. The van der Waals surface area contributed by atoms with Crippen LogP contribution in [0.5, 0.6) is 11.5 Å². The normalized spacial score (nSPS) is 9.89. The molecule has 0 N–H and O–H groups in total. The average molecular weight is 354 g/mol. The summed E-state index contributed by atoms with van der Waals surface area (Å²) < 4.78 is 10.8.